The van der Waals surface area contributed by atoms with Crippen molar-refractivity contribution in [2.75, 3.05) is 6.54 Å². The Labute approximate surface area is 148 Å². The summed E-state index contributed by atoms with van der Waals surface area (Å²) in [5.74, 6) is -1.19. The first-order valence-corrected chi connectivity index (χ1v) is 8.29. The quantitative estimate of drug-likeness (QED) is 0.724. The first-order chi connectivity index (χ1) is 12.6. The van der Waals surface area contributed by atoms with Gasteiger partial charge in [-0.3, -0.25) is 4.79 Å². The number of halogens is 2. The molecule has 7 heteroatoms. The van der Waals surface area contributed by atoms with Crippen LogP contribution in [0, 0.1) is 11.6 Å². The van der Waals surface area contributed by atoms with Gasteiger partial charge < -0.3 is 4.90 Å². The Morgan fingerprint density at radius 3 is 2.65 bits per heavy atom. The maximum atomic E-state index is 13.5. The molecule has 0 spiro atoms. The molecule has 26 heavy (non-hydrogen) atoms. The second-order valence-electron chi connectivity index (χ2n) is 6.27. The highest BCUT2D eigenvalue weighted by Crippen LogP contribution is 2.29. The van der Waals surface area contributed by atoms with Crippen LogP contribution in [-0.4, -0.2) is 32.1 Å². The molecule has 1 saturated heterocycles. The number of benzene rings is 2. The van der Waals surface area contributed by atoms with Crippen LogP contribution in [0.2, 0.25) is 0 Å². The molecule has 2 aromatic carbocycles. The summed E-state index contributed by atoms with van der Waals surface area (Å²) >= 11 is 0. The second-order valence-corrected chi connectivity index (χ2v) is 6.27. The third kappa shape index (κ3) is 3.08. The largest absolute Gasteiger partial charge is 0.335 e. The lowest BCUT2D eigenvalue weighted by Crippen LogP contribution is -2.26. The number of carbonyl (C=O) groups excluding carboxylic acids is 1. The molecule has 4 rings (SSSR count). The number of aromatic nitrogens is 3. The van der Waals surface area contributed by atoms with E-state index in [0.717, 1.165) is 17.7 Å². The van der Waals surface area contributed by atoms with E-state index in [1.54, 1.807) is 4.90 Å². The van der Waals surface area contributed by atoms with Crippen LogP contribution in [0.1, 0.15) is 23.7 Å². The highest BCUT2D eigenvalue weighted by Gasteiger charge is 2.31. The maximum absolute atomic E-state index is 13.5. The summed E-state index contributed by atoms with van der Waals surface area (Å²) in [5.41, 5.74) is 1.49. The van der Waals surface area contributed by atoms with E-state index in [1.807, 2.05) is 30.3 Å². The van der Waals surface area contributed by atoms with Crippen LogP contribution < -0.4 is 0 Å². The fourth-order valence-electron chi connectivity index (χ4n) is 3.25. The van der Waals surface area contributed by atoms with E-state index in [-0.39, 0.29) is 18.4 Å². The molecule has 1 unspecified atom stereocenters. The van der Waals surface area contributed by atoms with Gasteiger partial charge in [0.05, 0.1) is 12.2 Å². The monoisotopic (exact) mass is 354 g/mol. The van der Waals surface area contributed by atoms with Crippen molar-refractivity contribution in [2.45, 2.75) is 18.9 Å². The van der Waals surface area contributed by atoms with E-state index in [1.165, 1.54) is 17.1 Å². The minimum Gasteiger partial charge on any atom is -0.335 e. The molecule has 132 valence electrons. The number of rotatable bonds is 4. The number of amides is 1. The molecule has 1 aromatic heterocycles. The van der Waals surface area contributed by atoms with Crippen LogP contribution in [0.4, 0.5) is 8.78 Å². The SMILES string of the molecule is O=C1CC(c2ccccc2)CN1Cc1ncnn1-c1ccc(F)c(F)c1. The standard InChI is InChI=1S/C19H16F2N4O/c20-16-7-6-15(9-17(16)21)25-18(22-12-23-25)11-24-10-14(8-19(24)26)13-4-2-1-3-5-13/h1-7,9,12,14H,8,10-11H2. The van der Waals surface area contributed by atoms with E-state index >= 15 is 0 Å². The van der Waals surface area contributed by atoms with Crippen molar-refractivity contribution in [3.63, 3.8) is 0 Å². The molecule has 1 aliphatic rings. The van der Waals surface area contributed by atoms with Gasteiger partial charge in [0.2, 0.25) is 5.91 Å². The van der Waals surface area contributed by atoms with E-state index in [4.69, 9.17) is 0 Å². The van der Waals surface area contributed by atoms with Gasteiger partial charge in [-0.05, 0) is 17.7 Å². The molecule has 1 fully saturated rings. The van der Waals surface area contributed by atoms with Crippen LogP contribution in [0.3, 0.4) is 0 Å². The number of hydrogen-bond acceptors (Lipinski definition) is 3. The minimum absolute atomic E-state index is 0.0405. The third-order valence-electron chi connectivity index (χ3n) is 4.58. The number of hydrogen-bond donors (Lipinski definition) is 0. The first kappa shape index (κ1) is 16.4. The van der Waals surface area contributed by atoms with Crippen molar-refractivity contribution in [3.05, 3.63) is 77.9 Å². The van der Waals surface area contributed by atoms with Gasteiger partial charge in [0.25, 0.3) is 0 Å². The third-order valence-corrected chi connectivity index (χ3v) is 4.58. The molecule has 2 heterocycles. The van der Waals surface area contributed by atoms with Crippen molar-refractivity contribution >= 4 is 5.91 Å². The van der Waals surface area contributed by atoms with Crippen molar-refractivity contribution in [2.24, 2.45) is 0 Å². The molecule has 1 atom stereocenters. The van der Waals surface area contributed by atoms with Crippen molar-refractivity contribution in [1.29, 1.82) is 0 Å². The lowest BCUT2D eigenvalue weighted by Gasteiger charge is -2.17. The summed E-state index contributed by atoms with van der Waals surface area (Å²) in [4.78, 5) is 18.3. The molecule has 3 aromatic rings. The average molecular weight is 354 g/mol. The lowest BCUT2D eigenvalue weighted by atomic mass is 9.99. The average Bonchev–Trinajstić information content (AvgIpc) is 3.26. The van der Waals surface area contributed by atoms with Crippen LogP contribution in [-0.2, 0) is 11.3 Å². The van der Waals surface area contributed by atoms with Crippen molar-refractivity contribution in [3.8, 4) is 5.69 Å². The number of likely N-dealkylation sites (tertiary alicyclic amines) is 1. The summed E-state index contributed by atoms with van der Waals surface area (Å²) in [5, 5.41) is 4.08. The topological polar surface area (TPSA) is 51.0 Å². The molecule has 0 bridgehead atoms. The highest BCUT2D eigenvalue weighted by molar-refractivity contribution is 5.79. The first-order valence-electron chi connectivity index (χ1n) is 8.29. The summed E-state index contributed by atoms with van der Waals surface area (Å²) in [6.07, 6.45) is 1.79. The summed E-state index contributed by atoms with van der Waals surface area (Å²) in [6.45, 7) is 0.856. The van der Waals surface area contributed by atoms with Crippen molar-refractivity contribution in [1.82, 2.24) is 19.7 Å². The van der Waals surface area contributed by atoms with Gasteiger partial charge in [-0.2, -0.15) is 5.10 Å². The molecule has 0 saturated carbocycles. The molecular weight excluding hydrogens is 338 g/mol. The van der Waals surface area contributed by atoms with Gasteiger partial charge in [0, 0.05) is 24.9 Å². The minimum atomic E-state index is -0.953. The predicted molar refractivity (Wildman–Crippen MR) is 90.5 cm³/mol. The second kappa shape index (κ2) is 6.67. The highest BCUT2D eigenvalue weighted by atomic mass is 19.2. The van der Waals surface area contributed by atoms with Gasteiger partial charge in [0.15, 0.2) is 17.5 Å². The van der Waals surface area contributed by atoms with Crippen LogP contribution in [0.15, 0.2) is 54.9 Å². The molecule has 5 nitrogen and oxygen atoms in total. The fourth-order valence-corrected chi connectivity index (χ4v) is 3.25. The number of nitrogens with zero attached hydrogens (tertiary/aromatic N) is 4. The van der Waals surface area contributed by atoms with Crippen LogP contribution >= 0.6 is 0 Å². The van der Waals surface area contributed by atoms with E-state index in [9.17, 15) is 13.6 Å². The number of carbonyl (C=O) groups is 1. The van der Waals surface area contributed by atoms with Crippen molar-refractivity contribution < 1.29 is 13.6 Å². The lowest BCUT2D eigenvalue weighted by molar-refractivity contribution is -0.128. The maximum Gasteiger partial charge on any atom is 0.223 e. The zero-order chi connectivity index (χ0) is 18.1. The Morgan fingerprint density at radius 2 is 1.88 bits per heavy atom. The van der Waals surface area contributed by atoms with Gasteiger partial charge >= 0.3 is 0 Å². The molecular formula is C19H16F2N4O. The van der Waals surface area contributed by atoms with Crippen LogP contribution in [0.5, 0.6) is 0 Å². The Bertz CT molecular complexity index is 942. The summed E-state index contributed by atoms with van der Waals surface area (Å²) in [6, 6.07) is 13.4. The van der Waals surface area contributed by atoms with E-state index < -0.39 is 11.6 Å². The van der Waals surface area contributed by atoms with Gasteiger partial charge in [-0.1, -0.05) is 30.3 Å². The zero-order valence-corrected chi connectivity index (χ0v) is 13.8. The Morgan fingerprint density at radius 1 is 1.08 bits per heavy atom. The Kier molecular flexibility index (Phi) is 4.20. The molecule has 0 radical (unpaired) electrons. The smallest absolute Gasteiger partial charge is 0.223 e. The van der Waals surface area contributed by atoms with E-state index in [0.29, 0.717) is 24.5 Å². The van der Waals surface area contributed by atoms with Gasteiger partial charge in [0.1, 0.15) is 6.33 Å². The fraction of sp³-hybridized carbons (Fsp3) is 0.211. The summed E-state index contributed by atoms with van der Waals surface area (Å²) < 4.78 is 28.1. The predicted octanol–water partition coefficient (Wildman–Crippen LogP) is 3.06. The van der Waals surface area contributed by atoms with Gasteiger partial charge in [-0.25, -0.2) is 18.4 Å². The van der Waals surface area contributed by atoms with Gasteiger partial charge in [-0.15, -0.1) is 0 Å². The molecule has 0 N–H and O–H groups in total. The van der Waals surface area contributed by atoms with E-state index in [2.05, 4.69) is 10.1 Å². The molecule has 1 aliphatic heterocycles. The molecule has 0 aliphatic carbocycles. The Hall–Kier alpha value is -3.09. The Balaban J connectivity index is 1.54. The normalized spacial score (nSPS) is 17.1. The zero-order valence-electron chi connectivity index (χ0n) is 13.8. The molecule has 1 amide bonds. The van der Waals surface area contributed by atoms with Crippen LogP contribution in [0.25, 0.3) is 5.69 Å². The summed E-state index contributed by atoms with van der Waals surface area (Å²) in [7, 11) is 0.